The first kappa shape index (κ1) is 27.1. The van der Waals surface area contributed by atoms with E-state index in [0.717, 1.165) is 21.9 Å². The molecule has 0 bridgehead atoms. The summed E-state index contributed by atoms with van der Waals surface area (Å²) in [7, 11) is -2.35. The molecule has 192 valence electrons. The normalized spacial score (nSPS) is 13.6. The number of carbonyl (C=O) groups is 1. The van der Waals surface area contributed by atoms with E-state index in [9.17, 15) is 18.4 Å². The Labute approximate surface area is 213 Å². The fourth-order valence-corrected chi connectivity index (χ4v) is 5.77. The molecule has 11 nitrogen and oxygen atoms in total. The second kappa shape index (κ2) is 12.0. The van der Waals surface area contributed by atoms with Gasteiger partial charge in [0, 0.05) is 24.5 Å². The van der Waals surface area contributed by atoms with Crippen LogP contribution in [0, 0.1) is 0 Å². The van der Waals surface area contributed by atoms with Gasteiger partial charge in [0.25, 0.3) is 15.9 Å². The highest BCUT2D eigenvalue weighted by Gasteiger charge is 2.25. The number of amides is 1. The molecule has 1 aromatic carbocycles. The summed E-state index contributed by atoms with van der Waals surface area (Å²) in [5.41, 5.74) is 9.18. The predicted octanol–water partition coefficient (Wildman–Crippen LogP) is 1.58. The Kier molecular flexibility index (Phi) is 9.01. The van der Waals surface area contributed by atoms with Crippen LogP contribution in [0.4, 0.5) is 0 Å². The Hall–Kier alpha value is -3.49. The molecule has 0 saturated heterocycles. The smallest absolute Gasteiger partial charge is 0.267 e. The molecule has 13 heteroatoms. The van der Waals surface area contributed by atoms with E-state index in [1.54, 1.807) is 68.2 Å². The van der Waals surface area contributed by atoms with Crippen LogP contribution in [0.3, 0.4) is 0 Å². The molecular weight excluding hydrogens is 504 g/mol. The number of rotatable bonds is 11. The van der Waals surface area contributed by atoms with Gasteiger partial charge in [-0.15, -0.1) is 11.3 Å². The summed E-state index contributed by atoms with van der Waals surface area (Å²) in [6.07, 6.45) is 3.03. The number of carbonyl (C=O) groups excluding carboxylic acids is 1. The Morgan fingerprint density at radius 1 is 1.22 bits per heavy atom. The van der Waals surface area contributed by atoms with Crippen LogP contribution in [0.1, 0.15) is 12.5 Å². The summed E-state index contributed by atoms with van der Waals surface area (Å²) in [6, 6.07) is 13.7. The Morgan fingerprint density at radius 3 is 2.56 bits per heavy atom. The minimum atomic E-state index is -3.89. The molecule has 3 aromatic rings. The maximum Gasteiger partial charge on any atom is 0.267 e. The average molecular weight is 533 g/mol. The van der Waals surface area contributed by atoms with Crippen LogP contribution in [-0.4, -0.2) is 48.7 Å². The van der Waals surface area contributed by atoms with Gasteiger partial charge in [-0.2, -0.15) is 0 Å². The lowest BCUT2D eigenvalue weighted by Gasteiger charge is -2.26. The number of hydrogen-bond acceptors (Lipinski definition) is 10. The van der Waals surface area contributed by atoms with Crippen molar-refractivity contribution in [3.63, 3.8) is 0 Å². The number of hydrogen-bond donors (Lipinski definition) is 5. The second-order valence-electron chi connectivity index (χ2n) is 7.80. The third-order valence-corrected chi connectivity index (χ3v) is 8.39. The Balaban J connectivity index is 1.72. The van der Waals surface area contributed by atoms with E-state index in [0.29, 0.717) is 16.3 Å². The number of pyridine rings is 1. The van der Waals surface area contributed by atoms with Gasteiger partial charge in [0.1, 0.15) is 16.0 Å². The van der Waals surface area contributed by atoms with Crippen LogP contribution >= 0.6 is 11.3 Å². The molecule has 3 rings (SSSR count). The molecular formula is C23H28N6O5S2. The summed E-state index contributed by atoms with van der Waals surface area (Å²) < 4.78 is 33.5. The van der Waals surface area contributed by atoms with E-state index < -0.39 is 28.0 Å². The second-order valence-corrected chi connectivity index (χ2v) is 10.8. The monoisotopic (exact) mass is 532 g/mol. The lowest BCUT2D eigenvalue weighted by atomic mass is 10.0. The number of nitrogens with one attached hydrogen (secondary N) is 2. The molecule has 2 heterocycles. The molecule has 0 unspecified atom stereocenters. The molecule has 0 radical (unpaired) electrons. The molecule has 2 atom stereocenters. The fraction of sp³-hybridized carbons (Fsp3) is 0.217. The van der Waals surface area contributed by atoms with Gasteiger partial charge in [-0.3, -0.25) is 15.0 Å². The van der Waals surface area contributed by atoms with Gasteiger partial charge in [-0.05, 0) is 48.9 Å². The third-order valence-electron chi connectivity index (χ3n) is 5.25. The number of nitrogens with zero attached hydrogens (tertiary/aromatic N) is 2. The first-order valence-corrected chi connectivity index (χ1v) is 13.0. The number of hydrazine groups is 1. The van der Waals surface area contributed by atoms with Crippen molar-refractivity contribution in [1.29, 1.82) is 0 Å². The number of methoxy groups -OCH3 is 1. The van der Waals surface area contributed by atoms with Gasteiger partial charge in [-0.1, -0.05) is 18.2 Å². The lowest BCUT2D eigenvalue weighted by molar-refractivity contribution is -0.134. The van der Waals surface area contributed by atoms with Crippen molar-refractivity contribution in [3.8, 4) is 16.3 Å². The standard InChI is InChI=1S/C23H28N6O5S2/c1-15(28-36(32,33)22-11-10-21(35-22)19-5-3-4-12-26-19)18(24)14-29(25)20(23(30)27-31)13-16-6-8-17(34-2)9-7-16/h3-12,14-15,20,28,31H,13,24-25H2,1-2H3,(H,27,30)/b18-14-/t15-,20-/m0/s1. The highest BCUT2D eigenvalue weighted by atomic mass is 32.2. The molecule has 1 amide bonds. The number of benzene rings is 1. The molecule has 7 N–H and O–H groups in total. The van der Waals surface area contributed by atoms with Crippen molar-refractivity contribution in [2.45, 2.75) is 29.6 Å². The highest BCUT2D eigenvalue weighted by molar-refractivity contribution is 7.91. The van der Waals surface area contributed by atoms with E-state index in [2.05, 4.69) is 9.71 Å². The van der Waals surface area contributed by atoms with Crippen LogP contribution in [0.25, 0.3) is 10.6 Å². The van der Waals surface area contributed by atoms with Gasteiger partial charge in [0.2, 0.25) is 0 Å². The molecule has 2 aromatic heterocycles. The summed E-state index contributed by atoms with van der Waals surface area (Å²) >= 11 is 1.08. The zero-order valence-corrected chi connectivity index (χ0v) is 21.3. The van der Waals surface area contributed by atoms with E-state index in [4.69, 9.17) is 16.3 Å². The number of thiophene rings is 1. The van der Waals surface area contributed by atoms with Crippen molar-refractivity contribution < 1.29 is 23.2 Å². The van der Waals surface area contributed by atoms with Crippen LogP contribution in [0.5, 0.6) is 5.75 Å². The van der Waals surface area contributed by atoms with Crippen molar-refractivity contribution in [3.05, 3.63) is 78.3 Å². The molecule has 0 saturated carbocycles. The number of hydroxylamine groups is 1. The minimum absolute atomic E-state index is 0.0630. The highest BCUT2D eigenvalue weighted by Crippen LogP contribution is 2.29. The van der Waals surface area contributed by atoms with Gasteiger partial charge in [0.05, 0.1) is 23.7 Å². The van der Waals surface area contributed by atoms with Gasteiger partial charge in [0.15, 0.2) is 0 Å². The van der Waals surface area contributed by atoms with E-state index >= 15 is 0 Å². The Morgan fingerprint density at radius 2 is 1.94 bits per heavy atom. The summed E-state index contributed by atoms with van der Waals surface area (Å²) in [5, 5.41) is 10.2. The molecule has 0 aliphatic carbocycles. The number of nitrogens with two attached hydrogens (primary N) is 2. The number of sulfonamides is 1. The van der Waals surface area contributed by atoms with Gasteiger partial charge >= 0.3 is 0 Å². The van der Waals surface area contributed by atoms with Crippen molar-refractivity contribution in [2.75, 3.05) is 7.11 Å². The van der Waals surface area contributed by atoms with Crippen LogP contribution in [0.15, 0.2) is 76.9 Å². The quantitative estimate of drug-likeness (QED) is 0.140. The summed E-state index contributed by atoms with van der Waals surface area (Å²) in [4.78, 5) is 17.2. The molecule has 0 spiro atoms. The zero-order valence-electron chi connectivity index (χ0n) is 19.7. The zero-order chi connectivity index (χ0) is 26.3. The van der Waals surface area contributed by atoms with E-state index in [-0.39, 0.29) is 16.3 Å². The van der Waals surface area contributed by atoms with Crippen LogP contribution < -0.4 is 26.5 Å². The molecule has 0 aliphatic heterocycles. The van der Waals surface area contributed by atoms with Crippen LogP contribution in [0.2, 0.25) is 0 Å². The first-order valence-electron chi connectivity index (χ1n) is 10.7. The van der Waals surface area contributed by atoms with E-state index in [1.165, 1.54) is 12.3 Å². The first-order chi connectivity index (χ1) is 17.1. The van der Waals surface area contributed by atoms with Crippen LogP contribution in [-0.2, 0) is 21.2 Å². The number of aromatic nitrogens is 1. The SMILES string of the molecule is COc1ccc(C[C@@H](C(=O)NO)N(N)/C=C(\N)[C@H](C)NS(=O)(=O)c2ccc(-c3ccccn3)s2)cc1. The van der Waals surface area contributed by atoms with Gasteiger partial charge < -0.3 is 15.5 Å². The average Bonchev–Trinajstić information content (AvgIpc) is 3.39. The lowest BCUT2D eigenvalue weighted by Crippen LogP contribution is -2.49. The summed E-state index contributed by atoms with van der Waals surface area (Å²) in [6.45, 7) is 1.55. The van der Waals surface area contributed by atoms with Crippen molar-refractivity contribution in [2.24, 2.45) is 11.6 Å². The molecule has 0 aliphatic rings. The van der Waals surface area contributed by atoms with Crippen molar-refractivity contribution >= 4 is 27.3 Å². The number of ether oxygens (including phenoxy) is 1. The minimum Gasteiger partial charge on any atom is -0.497 e. The summed E-state index contributed by atoms with van der Waals surface area (Å²) in [5.74, 6) is 5.97. The van der Waals surface area contributed by atoms with E-state index in [1.807, 2.05) is 6.07 Å². The van der Waals surface area contributed by atoms with Gasteiger partial charge in [-0.25, -0.2) is 24.5 Å². The molecule has 0 fully saturated rings. The maximum atomic E-state index is 12.9. The maximum absolute atomic E-state index is 12.9. The van der Waals surface area contributed by atoms with Crippen molar-refractivity contribution in [1.82, 2.24) is 20.2 Å². The third kappa shape index (κ3) is 6.80. The molecule has 36 heavy (non-hydrogen) atoms. The fourth-order valence-electron chi connectivity index (χ4n) is 3.24. The largest absolute Gasteiger partial charge is 0.497 e. The predicted molar refractivity (Wildman–Crippen MR) is 136 cm³/mol. The topological polar surface area (TPSA) is 173 Å². The Bertz CT molecular complexity index is 1300.